The molecular weight excluding hydrogens is 274 g/mol. The monoisotopic (exact) mass is 301 g/mol. The van der Waals surface area contributed by atoms with Crippen molar-refractivity contribution in [1.82, 2.24) is 5.32 Å². The lowest BCUT2D eigenvalue weighted by molar-refractivity contribution is -0.121. The fourth-order valence-electron chi connectivity index (χ4n) is 2.34. The third-order valence-electron chi connectivity index (χ3n) is 3.52. The van der Waals surface area contributed by atoms with Crippen molar-refractivity contribution in [2.45, 2.75) is 55.9 Å². The van der Waals surface area contributed by atoms with Crippen molar-refractivity contribution in [3.63, 3.8) is 0 Å². The van der Waals surface area contributed by atoms with E-state index >= 15 is 0 Å². The van der Waals surface area contributed by atoms with Crippen molar-refractivity contribution in [2.24, 2.45) is 0 Å². The second-order valence-corrected chi connectivity index (χ2v) is 7.38. The summed E-state index contributed by atoms with van der Waals surface area (Å²) >= 11 is 3.76. The smallest absolute Gasteiger partial charge is 0.220 e. The molecule has 19 heavy (non-hydrogen) atoms. The van der Waals surface area contributed by atoms with Gasteiger partial charge < -0.3 is 5.32 Å². The fraction of sp³-hybridized carbons (Fsp3) is 0.800. The molecule has 4 heteroatoms. The largest absolute Gasteiger partial charge is 0.356 e. The Kier molecular flexibility index (Phi) is 9.52. The average Bonchev–Trinajstić information content (AvgIpc) is 2.45. The molecule has 0 saturated carbocycles. The second-order valence-electron chi connectivity index (χ2n) is 5.00. The summed E-state index contributed by atoms with van der Waals surface area (Å²) in [6, 6.07) is 0. The van der Waals surface area contributed by atoms with Crippen LogP contribution < -0.4 is 5.32 Å². The van der Waals surface area contributed by atoms with E-state index in [1.165, 1.54) is 31.3 Å². The van der Waals surface area contributed by atoms with E-state index in [2.05, 4.69) is 23.9 Å². The van der Waals surface area contributed by atoms with E-state index in [0.29, 0.717) is 11.0 Å². The van der Waals surface area contributed by atoms with Gasteiger partial charge in [-0.2, -0.15) is 23.5 Å². The molecule has 1 rings (SSSR count). The van der Waals surface area contributed by atoms with Crippen molar-refractivity contribution < 1.29 is 4.79 Å². The van der Waals surface area contributed by atoms with E-state index < -0.39 is 0 Å². The van der Waals surface area contributed by atoms with Gasteiger partial charge in [0.25, 0.3) is 0 Å². The summed E-state index contributed by atoms with van der Waals surface area (Å²) in [7, 11) is 0. The van der Waals surface area contributed by atoms with Crippen molar-refractivity contribution in [2.75, 3.05) is 19.1 Å². The SMILES string of the molecule is CSC(CCCC(=O)NCCC1=CCCCC1)SC. The maximum absolute atomic E-state index is 11.7. The van der Waals surface area contributed by atoms with E-state index in [0.717, 1.165) is 25.8 Å². The quantitative estimate of drug-likeness (QED) is 0.511. The zero-order valence-electron chi connectivity index (χ0n) is 12.2. The zero-order valence-corrected chi connectivity index (χ0v) is 13.9. The lowest BCUT2D eigenvalue weighted by Crippen LogP contribution is -2.24. The molecule has 0 radical (unpaired) electrons. The molecule has 1 aliphatic carbocycles. The molecule has 0 saturated heterocycles. The fourth-order valence-corrected chi connectivity index (χ4v) is 3.92. The predicted octanol–water partition coefficient (Wildman–Crippen LogP) is 4.22. The van der Waals surface area contributed by atoms with Crippen LogP contribution in [0.5, 0.6) is 0 Å². The van der Waals surface area contributed by atoms with Crippen molar-refractivity contribution in [1.29, 1.82) is 0 Å². The molecule has 0 aliphatic heterocycles. The molecule has 0 bridgehead atoms. The first-order valence-corrected chi connectivity index (χ1v) is 9.84. The van der Waals surface area contributed by atoms with Crippen LogP contribution in [-0.2, 0) is 4.79 Å². The lowest BCUT2D eigenvalue weighted by Gasteiger charge is -2.13. The number of amides is 1. The van der Waals surface area contributed by atoms with Gasteiger partial charge in [-0.05, 0) is 57.5 Å². The highest BCUT2D eigenvalue weighted by atomic mass is 32.2. The van der Waals surface area contributed by atoms with E-state index in [1.54, 1.807) is 0 Å². The Bertz CT molecular complexity index is 288. The Morgan fingerprint density at radius 1 is 1.37 bits per heavy atom. The zero-order chi connectivity index (χ0) is 13.9. The Balaban J connectivity index is 2.03. The highest BCUT2D eigenvalue weighted by Gasteiger charge is 2.07. The number of thioether (sulfide) groups is 2. The van der Waals surface area contributed by atoms with Crippen LogP contribution in [0.25, 0.3) is 0 Å². The van der Waals surface area contributed by atoms with Gasteiger partial charge in [0.1, 0.15) is 0 Å². The van der Waals surface area contributed by atoms with E-state index in [-0.39, 0.29) is 5.91 Å². The minimum Gasteiger partial charge on any atom is -0.356 e. The topological polar surface area (TPSA) is 29.1 Å². The first-order chi connectivity index (χ1) is 9.26. The number of rotatable bonds is 9. The molecule has 0 aromatic heterocycles. The molecule has 1 aliphatic rings. The molecule has 0 unspecified atom stereocenters. The van der Waals surface area contributed by atoms with Crippen molar-refractivity contribution in [3.05, 3.63) is 11.6 Å². The molecule has 0 heterocycles. The number of carbonyl (C=O) groups is 1. The summed E-state index contributed by atoms with van der Waals surface area (Å²) in [5.74, 6) is 0.220. The predicted molar refractivity (Wildman–Crippen MR) is 88.8 cm³/mol. The van der Waals surface area contributed by atoms with Gasteiger partial charge in [0.2, 0.25) is 5.91 Å². The maximum Gasteiger partial charge on any atom is 0.220 e. The molecule has 2 nitrogen and oxygen atoms in total. The molecule has 110 valence electrons. The van der Waals surface area contributed by atoms with Crippen LogP contribution in [-0.4, -0.2) is 29.5 Å². The molecule has 1 amide bonds. The van der Waals surface area contributed by atoms with Crippen LogP contribution >= 0.6 is 23.5 Å². The highest BCUT2D eigenvalue weighted by Crippen LogP contribution is 2.24. The van der Waals surface area contributed by atoms with Crippen molar-refractivity contribution >= 4 is 29.4 Å². The Labute approximate surface area is 126 Å². The van der Waals surface area contributed by atoms with Gasteiger partial charge in [-0.1, -0.05) is 11.6 Å². The second kappa shape index (κ2) is 10.7. The Morgan fingerprint density at radius 2 is 2.16 bits per heavy atom. The third kappa shape index (κ3) is 7.93. The lowest BCUT2D eigenvalue weighted by atomic mass is 9.97. The molecule has 1 N–H and O–H groups in total. The summed E-state index contributed by atoms with van der Waals surface area (Å²) in [6.45, 7) is 0.819. The van der Waals surface area contributed by atoms with Crippen LogP contribution in [0.1, 0.15) is 51.4 Å². The normalized spacial score (nSPS) is 15.4. The standard InChI is InChI=1S/C15H27NOS2/c1-18-15(19-2)10-6-9-14(17)16-12-11-13-7-4-3-5-8-13/h7,15H,3-6,8-12H2,1-2H3,(H,16,17). The van der Waals surface area contributed by atoms with Crippen LogP contribution in [0.2, 0.25) is 0 Å². The van der Waals surface area contributed by atoms with Gasteiger partial charge in [-0.3, -0.25) is 4.79 Å². The van der Waals surface area contributed by atoms with Gasteiger partial charge in [0, 0.05) is 17.5 Å². The van der Waals surface area contributed by atoms with Crippen LogP contribution in [0.4, 0.5) is 0 Å². The first kappa shape index (κ1) is 17.0. The van der Waals surface area contributed by atoms with E-state index in [4.69, 9.17) is 0 Å². The van der Waals surface area contributed by atoms with E-state index in [1.807, 2.05) is 23.5 Å². The molecule has 0 aromatic carbocycles. The van der Waals surface area contributed by atoms with Gasteiger partial charge in [-0.25, -0.2) is 0 Å². The summed E-state index contributed by atoms with van der Waals surface area (Å²) in [4.78, 5) is 11.7. The number of carbonyl (C=O) groups excluding carboxylic acids is 1. The van der Waals surface area contributed by atoms with Crippen LogP contribution in [0.3, 0.4) is 0 Å². The minimum absolute atomic E-state index is 0.220. The molecular formula is C15H27NOS2. The number of hydrogen-bond acceptors (Lipinski definition) is 3. The molecule has 0 aromatic rings. The molecule has 0 atom stereocenters. The number of hydrogen-bond donors (Lipinski definition) is 1. The number of nitrogens with one attached hydrogen (secondary N) is 1. The third-order valence-corrected chi connectivity index (χ3v) is 6.20. The van der Waals surface area contributed by atoms with Crippen molar-refractivity contribution in [3.8, 4) is 0 Å². The average molecular weight is 302 g/mol. The maximum atomic E-state index is 11.7. The summed E-state index contributed by atoms with van der Waals surface area (Å²) in [6.07, 6.45) is 15.6. The minimum atomic E-state index is 0.220. The highest BCUT2D eigenvalue weighted by molar-refractivity contribution is 8.16. The van der Waals surface area contributed by atoms with Crippen LogP contribution in [0.15, 0.2) is 11.6 Å². The van der Waals surface area contributed by atoms with Gasteiger partial charge in [-0.15, -0.1) is 0 Å². The summed E-state index contributed by atoms with van der Waals surface area (Å²) < 4.78 is 0.639. The summed E-state index contributed by atoms with van der Waals surface area (Å²) in [5, 5.41) is 3.05. The number of allylic oxidation sites excluding steroid dienone is 1. The molecule has 0 spiro atoms. The molecule has 0 fully saturated rings. The van der Waals surface area contributed by atoms with Gasteiger partial charge in [0.05, 0.1) is 0 Å². The van der Waals surface area contributed by atoms with Gasteiger partial charge >= 0.3 is 0 Å². The van der Waals surface area contributed by atoms with Crippen LogP contribution in [0, 0.1) is 0 Å². The summed E-state index contributed by atoms with van der Waals surface area (Å²) in [5.41, 5.74) is 1.54. The van der Waals surface area contributed by atoms with Gasteiger partial charge in [0.15, 0.2) is 0 Å². The van der Waals surface area contributed by atoms with E-state index in [9.17, 15) is 4.79 Å². The first-order valence-electron chi connectivity index (χ1n) is 7.26. The Morgan fingerprint density at radius 3 is 2.79 bits per heavy atom. The Hall–Kier alpha value is -0.0900.